The van der Waals surface area contributed by atoms with Gasteiger partial charge in [-0.15, -0.1) is 0 Å². The molecule has 0 aliphatic carbocycles. The van der Waals surface area contributed by atoms with Crippen LogP contribution in [0.2, 0.25) is 5.02 Å². The summed E-state index contributed by atoms with van der Waals surface area (Å²) in [5, 5.41) is 7.82. The van der Waals surface area contributed by atoms with Crippen molar-refractivity contribution in [3.63, 3.8) is 0 Å². The molecule has 6 heteroatoms. The van der Waals surface area contributed by atoms with Gasteiger partial charge in [0.1, 0.15) is 0 Å². The van der Waals surface area contributed by atoms with Gasteiger partial charge in [-0.25, -0.2) is 4.68 Å². The highest BCUT2D eigenvalue weighted by molar-refractivity contribution is 6.31. The fraction of sp³-hybridized carbons (Fsp3) is 0.125. The van der Waals surface area contributed by atoms with Gasteiger partial charge in [0.05, 0.1) is 28.4 Å². The first-order chi connectivity index (χ1) is 10.6. The number of halogens is 1. The van der Waals surface area contributed by atoms with Crippen molar-refractivity contribution in [1.29, 1.82) is 0 Å². The summed E-state index contributed by atoms with van der Waals surface area (Å²) in [5.74, 6) is -0.0127. The summed E-state index contributed by atoms with van der Waals surface area (Å²) in [5.41, 5.74) is 3.22. The predicted molar refractivity (Wildman–Crippen MR) is 84.7 cm³/mol. The first kappa shape index (κ1) is 14.4. The van der Waals surface area contributed by atoms with E-state index in [0.717, 1.165) is 17.1 Å². The van der Waals surface area contributed by atoms with E-state index in [4.69, 9.17) is 16.0 Å². The fourth-order valence-corrected chi connectivity index (χ4v) is 2.28. The van der Waals surface area contributed by atoms with Crippen LogP contribution >= 0.6 is 11.6 Å². The SMILES string of the molecule is Cc1nn(-c2ccc(NC(=O)c3ccco3)cc2)c(C)c1Cl. The minimum atomic E-state index is -0.285. The fourth-order valence-electron chi connectivity index (χ4n) is 2.16. The van der Waals surface area contributed by atoms with Crippen molar-refractivity contribution in [2.24, 2.45) is 0 Å². The number of nitrogens with one attached hydrogen (secondary N) is 1. The van der Waals surface area contributed by atoms with Crippen LogP contribution in [0.1, 0.15) is 21.9 Å². The van der Waals surface area contributed by atoms with Crippen LogP contribution in [0.25, 0.3) is 5.69 Å². The van der Waals surface area contributed by atoms with Crippen molar-refractivity contribution in [2.45, 2.75) is 13.8 Å². The van der Waals surface area contributed by atoms with Crippen LogP contribution in [0.15, 0.2) is 47.1 Å². The summed E-state index contributed by atoms with van der Waals surface area (Å²) in [4.78, 5) is 11.9. The van der Waals surface area contributed by atoms with Crippen LogP contribution < -0.4 is 5.32 Å². The molecule has 1 aromatic carbocycles. The third kappa shape index (κ3) is 2.63. The molecule has 0 saturated heterocycles. The van der Waals surface area contributed by atoms with Crippen molar-refractivity contribution in [3.05, 3.63) is 64.8 Å². The number of carbonyl (C=O) groups is 1. The van der Waals surface area contributed by atoms with Gasteiger partial charge in [0.2, 0.25) is 0 Å². The number of nitrogens with zero attached hydrogens (tertiary/aromatic N) is 2. The lowest BCUT2D eigenvalue weighted by Crippen LogP contribution is -2.10. The molecule has 0 fully saturated rings. The number of rotatable bonds is 3. The van der Waals surface area contributed by atoms with Gasteiger partial charge in [0.15, 0.2) is 5.76 Å². The Kier molecular flexibility index (Phi) is 3.73. The maximum atomic E-state index is 11.9. The first-order valence-corrected chi connectivity index (χ1v) is 7.11. The Labute approximate surface area is 132 Å². The Balaban J connectivity index is 1.81. The summed E-state index contributed by atoms with van der Waals surface area (Å²) < 4.78 is 6.82. The number of aromatic nitrogens is 2. The Morgan fingerprint density at radius 2 is 1.95 bits per heavy atom. The van der Waals surface area contributed by atoms with Crippen LogP contribution in [0, 0.1) is 13.8 Å². The molecule has 0 aliphatic heterocycles. The van der Waals surface area contributed by atoms with E-state index in [1.54, 1.807) is 28.9 Å². The standard InChI is InChI=1S/C16H14ClN3O2/c1-10-15(17)11(2)20(19-10)13-7-5-12(6-8-13)18-16(21)14-4-3-9-22-14/h3-9H,1-2H3,(H,18,21). The molecule has 0 bridgehead atoms. The highest BCUT2D eigenvalue weighted by atomic mass is 35.5. The smallest absolute Gasteiger partial charge is 0.291 e. The molecule has 0 spiro atoms. The van der Waals surface area contributed by atoms with Gasteiger partial charge in [0, 0.05) is 5.69 Å². The second-order valence-electron chi connectivity index (χ2n) is 4.87. The number of amides is 1. The number of anilines is 1. The van der Waals surface area contributed by atoms with Crippen LogP contribution in [0.5, 0.6) is 0 Å². The molecule has 0 saturated carbocycles. The van der Waals surface area contributed by atoms with Crippen LogP contribution in [0.4, 0.5) is 5.69 Å². The zero-order chi connectivity index (χ0) is 15.7. The first-order valence-electron chi connectivity index (χ1n) is 6.73. The van der Waals surface area contributed by atoms with Gasteiger partial charge in [-0.3, -0.25) is 4.79 Å². The second kappa shape index (κ2) is 5.69. The van der Waals surface area contributed by atoms with Gasteiger partial charge in [-0.1, -0.05) is 11.6 Å². The van der Waals surface area contributed by atoms with Gasteiger partial charge in [0.25, 0.3) is 5.91 Å². The number of aryl methyl sites for hydroxylation is 1. The van der Waals surface area contributed by atoms with Gasteiger partial charge < -0.3 is 9.73 Å². The van der Waals surface area contributed by atoms with E-state index in [9.17, 15) is 4.79 Å². The zero-order valence-electron chi connectivity index (χ0n) is 12.1. The molecule has 112 valence electrons. The average Bonchev–Trinajstić information content (AvgIpc) is 3.13. The lowest BCUT2D eigenvalue weighted by Gasteiger charge is -2.07. The Bertz CT molecular complexity index is 805. The summed E-state index contributed by atoms with van der Waals surface area (Å²) in [6.07, 6.45) is 1.46. The Hall–Kier alpha value is -2.53. The molecule has 0 unspecified atom stereocenters. The van der Waals surface area contributed by atoms with Crippen LogP contribution in [0.3, 0.4) is 0 Å². The molecule has 3 aromatic rings. The molecule has 5 nitrogen and oxygen atoms in total. The van der Waals surface area contributed by atoms with E-state index >= 15 is 0 Å². The molecule has 2 heterocycles. The third-order valence-corrected chi connectivity index (χ3v) is 3.86. The zero-order valence-corrected chi connectivity index (χ0v) is 12.9. The largest absolute Gasteiger partial charge is 0.459 e. The van der Waals surface area contributed by atoms with Crippen molar-refractivity contribution < 1.29 is 9.21 Å². The third-order valence-electron chi connectivity index (χ3n) is 3.32. The normalized spacial score (nSPS) is 10.7. The monoisotopic (exact) mass is 315 g/mol. The van der Waals surface area contributed by atoms with Gasteiger partial charge in [-0.05, 0) is 50.2 Å². The van der Waals surface area contributed by atoms with Gasteiger partial charge >= 0.3 is 0 Å². The molecule has 1 N–H and O–H groups in total. The maximum absolute atomic E-state index is 11.9. The van der Waals surface area contributed by atoms with E-state index < -0.39 is 0 Å². The van der Waals surface area contributed by atoms with E-state index in [0.29, 0.717) is 10.7 Å². The molecule has 0 atom stereocenters. The molecule has 0 aliphatic rings. The Morgan fingerprint density at radius 3 is 2.50 bits per heavy atom. The second-order valence-corrected chi connectivity index (χ2v) is 5.25. The summed E-state index contributed by atoms with van der Waals surface area (Å²) in [7, 11) is 0. The molecule has 2 aromatic heterocycles. The summed E-state index contributed by atoms with van der Waals surface area (Å²) >= 11 is 6.15. The lowest BCUT2D eigenvalue weighted by atomic mass is 10.2. The van der Waals surface area contributed by atoms with Crippen molar-refractivity contribution >= 4 is 23.2 Å². The van der Waals surface area contributed by atoms with Crippen molar-refractivity contribution in [3.8, 4) is 5.69 Å². The molecular formula is C16H14ClN3O2. The van der Waals surface area contributed by atoms with E-state index in [2.05, 4.69) is 10.4 Å². The van der Waals surface area contributed by atoms with Gasteiger partial charge in [-0.2, -0.15) is 5.10 Å². The van der Waals surface area contributed by atoms with E-state index in [-0.39, 0.29) is 11.7 Å². The molecular weight excluding hydrogens is 302 g/mol. The minimum Gasteiger partial charge on any atom is -0.459 e. The number of hydrogen-bond acceptors (Lipinski definition) is 3. The topological polar surface area (TPSA) is 60.1 Å². The minimum absolute atomic E-state index is 0.273. The summed E-state index contributed by atoms with van der Waals surface area (Å²) in [6, 6.07) is 10.6. The number of carbonyl (C=O) groups excluding carboxylic acids is 1. The van der Waals surface area contributed by atoms with Crippen molar-refractivity contribution in [2.75, 3.05) is 5.32 Å². The highest BCUT2D eigenvalue weighted by Crippen LogP contribution is 2.23. The molecule has 22 heavy (non-hydrogen) atoms. The molecule has 0 radical (unpaired) electrons. The number of benzene rings is 1. The highest BCUT2D eigenvalue weighted by Gasteiger charge is 2.11. The van der Waals surface area contributed by atoms with Crippen LogP contribution in [-0.4, -0.2) is 15.7 Å². The predicted octanol–water partition coefficient (Wildman–Crippen LogP) is 3.99. The maximum Gasteiger partial charge on any atom is 0.291 e. The summed E-state index contributed by atoms with van der Waals surface area (Å²) in [6.45, 7) is 3.78. The Morgan fingerprint density at radius 1 is 1.23 bits per heavy atom. The number of hydrogen-bond donors (Lipinski definition) is 1. The number of furan rings is 1. The molecule has 1 amide bonds. The quantitative estimate of drug-likeness (QED) is 0.795. The van der Waals surface area contributed by atoms with Crippen LogP contribution in [-0.2, 0) is 0 Å². The lowest BCUT2D eigenvalue weighted by molar-refractivity contribution is 0.0996. The molecule has 3 rings (SSSR count). The van der Waals surface area contributed by atoms with Crippen molar-refractivity contribution in [1.82, 2.24) is 9.78 Å². The van der Waals surface area contributed by atoms with E-state index in [1.165, 1.54) is 6.26 Å². The average molecular weight is 316 g/mol. The van der Waals surface area contributed by atoms with E-state index in [1.807, 2.05) is 26.0 Å².